The Labute approximate surface area is 137 Å². The number of allylic oxidation sites excluding steroid dienone is 2. The molecule has 4 atom stereocenters. The highest BCUT2D eigenvalue weighted by atomic mass is 16.6. The molecule has 5 N–H and O–H groups in total. The highest BCUT2D eigenvalue weighted by molar-refractivity contribution is 6.25. The SMILES string of the molecule is CO[C@@]12[C@H](COC(N)=O)C3=C(C(=O)C(C)=C([15NH2])C3=O)N1C[C@@H]1N[C@@H]12. The van der Waals surface area contributed by atoms with E-state index in [0.717, 1.165) is 0 Å². The van der Waals surface area contributed by atoms with E-state index in [-0.39, 0.29) is 41.3 Å². The zero-order valence-corrected chi connectivity index (χ0v) is 13.3. The van der Waals surface area contributed by atoms with E-state index < -0.39 is 23.5 Å². The maximum atomic E-state index is 12.8. The molecule has 0 spiro atoms. The number of Topliss-reactive ketones (excluding diaryl/α,β-unsaturated/α-hetero) is 2. The van der Waals surface area contributed by atoms with Crippen LogP contribution in [0.4, 0.5) is 4.79 Å². The summed E-state index contributed by atoms with van der Waals surface area (Å²) < 4.78 is 10.8. The summed E-state index contributed by atoms with van der Waals surface area (Å²) in [5.41, 5.74) is 10.7. The number of hydrogen-bond donors (Lipinski definition) is 3. The minimum atomic E-state index is -0.957. The highest BCUT2D eigenvalue weighted by Gasteiger charge is 2.72. The Morgan fingerprint density at radius 1 is 1.42 bits per heavy atom. The number of primary amides is 1. The highest BCUT2D eigenvalue weighted by Crippen LogP contribution is 2.55. The van der Waals surface area contributed by atoms with Gasteiger partial charge >= 0.3 is 6.09 Å². The number of ketones is 2. The van der Waals surface area contributed by atoms with Crippen molar-refractivity contribution in [2.24, 2.45) is 17.4 Å². The number of nitrogens with zero attached hydrogens (tertiary/aromatic N) is 1. The van der Waals surface area contributed by atoms with Gasteiger partial charge in [0.25, 0.3) is 0 Å². The van der Waals surface area contributed by atoms with Gasteiger partial charge in [0.15, 0.2) is 5.72 Å². The Balaban J connectivity index is 1.85. The van der Waals surface area contributed by atoms with Crippen molar-refractivity contribution in [3.8, 4) is 0 Å². The zero-order valence-electron chi connectivity index (χ0n) is 13.3. The van der Waals surface area contributed by atoms with Crippen molar-refractivity contribution < 1.29 is 23.9 Å². The number of nitrogens with two attached hydrogens (primary N) is 2. The lowest BCUT2D eigenvalue weighted by Crippen LogP contribution is -2.55. The van der Waals surface area contributed by atoms with Gasteiger partial charge in [-0.25, -0.2) is 4.79 Å². The average Bonchev–Trinajstić information content (AvgIpc) is 3.16. The molecule has 9 heteroatoms. The second-order valence-corrected chi connectivity index (χ2v) is 6.46. The molecule has 0 aromatic carbocycles. The molecular weight excluding hydrogens is 317 g/mol. The maximum Gasteiger partial charge on any atom is 0.404 e. The van der Waals surface area contributed by atoms with Crippen molar-refractivity contribution in [1.29, 1.82) is 0 Å². The van der Waals surface area contributed by atoms with E-state index in [1.54, 1.807) is 0 Å². The van der Waals surface area contributed by atoms with E-state index in [1.807, 2.05) is 4.90 Å². The number of fused-ring (bicyclic) bond motifs is 4. The zero-order chi connectivity index (χ0) is 17.4. The molecule has 1 aliphatic carbocycles. The van der Waals surface area contributed by atoms with Gasteiger partial charge in [0.1, 0.15) is 6.61 Å². The van der Waals surface area contributed by atoms with Crippen LogP contribution in [0, 0.1) is 5.92 Å². The molecule has 0 aromatic heterocycles. The number of methoxy groups -OCH3 is 1. The minimum absolute atomic E-state index is 0.0586. The van der Waals surface area contributed by atoms with Gasteiger partial charge in [0.2, 0.25) is 11.6 Å². The molecule has 0 aromatic rings. The van der Waals surface area contributed by atoms with Gasteiger partial charge in [-0.05, 0) is 6.92 Å². The molecule has 2 fully saturated rings. The van der Waals surface area contributed by atoms with Crippen LogP contribution in [-0.4, -0.2) is 60.6 Å². The summed E-state index contributed by atoms with van der Waals surface area (Å²) in [6.07, 6.45) is -0.950. The fraction of sp³-hybridized carbons (Fsp3) is 0.533. The van der Waals surface area contributed by atoms with Crippen LogP contribution in [-0.2, 0) is 19.1 Å². The van der Waals surface area contributed by atoms with Crippen molar-refractivity contribution in [2.75, 3.05) is 20.3 Å². The van der Waals surface area contributed by atoms with Crippen LogP contribution in [0.5, 0.6) is 0 Å². The summed E-state index contributed by atoms with van der Waals surface area (Å²) in [5.74, 6) is -1.34. The number of rotatable bonds is 3. The van der Waals surface area contributed by atoms with Crippen molar-refractivity contribution in [3.63, 3.8) is 0 Å². The number of carbonyl (C=O) groups excluding carboxylic acids is 3. The molecule has 2 saturated heterocycles. The molecule has 24 heavy (non-hydrogen) atoms. The van der Waals surface area contributed by atoms with E-state index in [4.69, 9.17) is 20.9 Å². The van der Waals surface area contributed by atoms with Gasteiger partial charge in [-0.2, -0.15) is 0 Å². The van der Waals surface area contributed by atoms with Crippen molar-refractivity contribution in [2.45, 2.75) is 24.7 Å². The van der Waals surface area contributed by atoms with Crippen LogP contribution in [0.25, 0.3) is 0 Å². The van der Waals surface area contributed by atoms with Crippen LogP contribution >= 0.6 is 0 Å². The van der Waals surface area contributed by atoms with Gasteiger partial charge in [-0.1, -0.05) is 0 Å². The fourth-order valence-electron chi connectivity index (χ4n) is 4.31. The first-order valence-corrected chi connectivity index (χ1v) is 7.65. The largest absolute Gasteiger partial charge is 0.449 e. The second-order valence-electron chi connectivity index (χ2n) is 6.46. The number of hydrogen-bond acceptors (Lipinski definition) is 8. The standard InChI is InChI=1S/C15H18N4O5/c1-5-9(16)12(21)8-6(4-24-14(17)22)15(23-2)13-7(18-13)3-19(15)10(8)11(5)20/h6-7,13,18H,3-4,16H2,1-2H3,(H2,17,22)/t6-,7+,13+,15-/m1/s1/i16+1. The summed E-state index contributed by atoms with van der Waals surface area (Å²) in [6.45, 7) is 1.92. The average molecular weight is 335 g/mol. The summed E-state index contributed by atoms with van der Waals surface area (Å²) in [6, 6.07) is 0.109. The molecule has 0 saturated carbocycles. The molecule has 3 heterocycles. The lowest BCUT2D eigenvalue weighted by molar-refractivity contribution is -0.137. The Morgan fingerprint density at radius 3 is 2.75 bits per heavy atom. The Morgan fingerprint density at radius 2 is 2.12 bits per heavy atom. The van der Waals surface area contributed by atoms with Crippen LogP contribution in [0.15, 0.2) is 22.5 Å². The third-order valence-electron chi connectivity index (χ3n) is 5.47. The predicted octanol–water partition coefficient (Wildman–Crippen LogP) is -1.65. The van der Waals surface area contributed by atoms with Crippen LogP contribution in [0.2, 0.25) is 0 Å². The molecule has 1 amide bonds. The molecule has 3 aliphatic heterocycles. The van der Waals surface area contributed by atoms with E-state index in [2.05, 4.69) is 5.32 Å². The second kappa shape index (κ2) is 4.58. The van der Waals surface area contributed by atoms with Gasteiger partial charge in [0, 0.05) is 30.8 Å². The Kier molecular flexibility index (Phi) is 2.89. The predicted molar refractivity (Wildman–Crippen MR) is 80.1 cm³/mol. The van der Waals surface area contributed by atoms with Crippen molar-refractivity contribution in [1.82, 2.24) is 10.2 Å². The lowest BCUT2D eigenvalue weighted by atomic mass is 9.83. The first-order chi connectivity index (χ1) is 11.3. The molecule has 4 aliphatic rings. The summed E-state index contributed by atoms with van der Waals surface area (Å²) in [7, 11) is 1.52. The fourth-order valence-corrected chi connectivity index (χ4v) is 4.31. The van der Waals surface area contributed by atoms with E-state index in [9.17, 15) is 14.4 Å². The van der Waals surface area contributed by atoms with E-state index >= 15 is 0 Å². The number of carbonyl (C=O) groups is 3. The molecule has 0 unspecified atom stereocenters. The van der Waals surface area contributed by atoms with E-state index in [0.29, 0.717) is 12.2 Å². The monoisotopic (exact) mass is 335 g/mol. The van der Waals surface area contributed by atoms with Gasteiger partial charge in [-0.3, -0.25) is 9.59 Å². The topological polar surface area (TPSA) is 147 Å². The summed E-state index contributed by atoms with van der Waals surface area (Å²) in [5, 5.41) is 3.28. The number of amides is 1. The molecule has 0 radical (unpaired) electrons. The molecule has 9 nitrogen and oxygen atoms in total. The van der Waals surface area contributed by atoms with Gasteiger partial charge in [-0.15, -0.1) is 0 Å². The van der Waals surface area contributed by atoms with Crippen LogP contribution in [0.1, 0.15) is 6.92 Å². The number of ether oxygens (including phenoxy) is 2. The minimum Gasteiger partial charge on any atom is -0.449 e. The molecule has 128 valence electrons. The first-order valence-electron chi connectivity index (χ1n) is 7.65. The van der Waals surface area contributed by atoms with Gasteiger partial charge < -0.3 is 31.2 Å². The maximum absolute atomic E-state index is 12.8. The van der Waals surface area contributed by atoms with Gasteiger partial charge in [0.05, 0.1) is 23.4 Å². The quantitative estimate of drug-likeness (QED) is 0.316. The van der Waals surface area contributed by atoms with E-state index in [1.165, 1.54) is 14.0 Å². The molecular formula is C15H18N4O5. The van der Waals surface area contributed by atoms with Crippen molar-refractivity contribution >= 4 is 17.7 Å². The Hall–Kier alpha value is -2.39. The summed E-state index contributed by atoms with van der Waals surface area (Å²) in [4.78, 5) is 38.4. The first kappa shape index (κ1) is 15.2. The lowest BCUT2D eigenvalue weighted by Gasteiger charge is -2.39. The van der Waals surface area contributed by atoms with Crippen LogP contribution in [0.3, 0.4) is 0 Å². The third-order valence-corrected chi connectivity index (χ3v) is 5.47. The summed E-state index contributed by atoms with van der Waals surface area (Å²) >= 11 is 0. The Bertz CT molecular complexity index is 757. The van der Waals surface area contributed by atoms with Crippen molar-refractivity contribution in [3.05, 3.63) is 22.5 Å². The smallest absolute Gasteiger partial charge is 0.404 e. The third kappa shape index (κ3) is 1.58. The molecule has 0 bridgehead atoms. The number of nitrogens with one attached hydrogen (secondary N) is 1. The molecule has 4 rings (SSSR count). The van der Waals surface area contributed by atoms with Crippen LogP contribution < -0.4 is 16.8 Å². The normalized spacial score (nSPS) is 36.8. The number of piperazine rings is 1.